The Labute approximate surface area is 133 Å². The molecule has 0 unspecified atom stereocenters. The number of aryl methyl sites for hydroxylation is 2. The number of rotatable bonds is 5. The van der Waals surface area contributed by atoms with Crippen LogP contribution in [-0.4, -0.2) is 36.5 Å². The smallest absolute Gasteiger partial charge is 0.222 e. The zero-order valence-corrected chi connectivity index (χ0v) is 14.0. The summed E-state index contributed by atoms with van der Waals surface area (Å²) < 4.78 is 5.91. The largest absolute Gasteiger partial charge is 0.493 e. The molecule has 1 heterocycles. The molecular formula is C18H28N2O2. The topological polar surface area (TPSA) is 55.6 Å². The lowest BCUT2D eigenvalue weighted by molar-refractivity contribution is -0.132. The van der Waals surface area contributed by atoms with Crippen LogP contribution in [0.3, 0.4) is 0 Å². The third-order valence-corrected chi connectivity index (χ3v) is 4.55. The molecule has 2 rings (SSSR count). The maximum atomic E-state index is 12.1. The van der Waals surface area contributed by atoms with E-state index in [1.165, 1.54) is 11.1 Å². The number of nitrogens with two attached hydrogens (primary N) is 1. The number of hydrogen-bond donors (Lipinski definition) is 1. The zero-order chi connectivity index (χ0) is 16.1. The third-order valence-electron chi connectivity index (χ3n) is 4.55. The maximum absolute atomic E-state index is 12.1. The fourth-order valence-electron chi connectivity index (χ4n) is 2.85. The predicted molar refractivity (Wildman–Crippen MR) is 89.2 cm³/mol. The monoisotopic (exact) mass is 304 g/mol. The van der Waals surface area contributed by atoms with E-state index in [4.69, 9.17) is 10.5 Å². The first-order valence-electron chi connectivity index (χ1n) is 8.22. The van der Waals surface area contributed by atoms with Crippen molar-refractivity contribution >= 4 is 5.91 Å². The van der Waals surface area contributed by atoms with E-state index in [1.807, 2.05) is 4.90 Å². The minimum absolute atomic E-state index is 0.230. The van der Waals surface area contributed by atoms with Crippen molar-refractivity contribution in [2.45, 2.75) is 52.5 Å². The van der Waals surface area contributed by atoms with Gasteiger partial charge in [0.25, 0.3) is 0 Å². The highest BCUT2D eigenvalue weighted by Crippen LogP contribution is 2.25. The van der Waals surface area contributed by atoms with Crippen molar-refractivity contribution in [1.82, 2.24) is 4.90 Å². The van der Waals surface area contributed by atoms with Crippen LogP contribution < -0.4 is 10.5 Å². The number of carbonyl (C=O) groups excluding carboxylic acids is 1. The molecule has 0 spiro atoms. The number of hydrogen-bond acceptors (Lipinski definition) is 3. The summed E-state index contributed by atoms with van der Waals surface area (Å²) in [4.78, 5) is 14.1. The van der Waals surface area contributed by atoms with Crippen LogP contribution >= 0.6 is 0 Å². The van der Waals surface area contributed by atoms with Gasteiger partial charge >= 0.3 is 0 Å². The molecule has 1 aliphatic rings. The lowest BCUT2D eigenvalue weighted by Gasteiger charge is -2.30. The molecule has 1 amide bonds. The van der Waals surface area contributed by atoms with Crippen molar-refractivity contribution in [3.05, 3.63) is 28.8 Å². The highest BCUT2D eigenvalue weighted by atomic mass is 16.5. The van der Waals surface area contributed by atoms with Crippen LogP contribution in [0.2, 0.25) is 0 Å². The second-order valence-electron chi connectivity index (χ2n) is 6.32. The molecule has 1 aromatic rings. The molecule has 0 radical (unpaired) electrons. The molecule has 0 aliphatic carbocycles. The first-order valence-corrected chi connectivity index (χ1v) is 8.22. The number of likely N-dealkylation sites (tertiary alicyclic amines) is 1. The second kappa shape index (κ2) is 7.63. The van der Waals surface area contributed by atoms with Gasteiger partial charge in [-0.2, -0.15) is 0 Å². The highest BCUT2D eigenvalue weighted by molar-refractivity contribution is 5.76. The minimum atomic E-state index is 0.230. The van der Waals surface area contributed by atoms with Crippen molar-refractivity contribution in [2.24, 2.45) is 5.73 Å². The fourth-order valence-corrected chi connectivity index (χ4v) is 2.85. The van der Waals surface area contributed by atoms with E-state index in [0.717, 1.165) is 43.7 Å². The number of carbonyl (C=O) groups is 1. The van der Waals surface area contributed by atoms with E-state index in [-0.39, 0.29) is 11.9 Å². The molecule has 1 aromatic carbocycles. The summed E-state index contributed by atoms with van der Waals surface area (Å²) in [7, 11) is 0. The lowest BCUT2D eigenvalue weighted by atomic mass is 10.1. The summed E-state index contributed by atoms with van der Waals surface area (Å²) in [6.45, 7) is 8.42. The van der Waals surface area contributed by atoms with E-state index in [1.54, 1.807) is 0 Å². The summed E-state index contributed by atoms with van der Waals surface area (Å²) >= 11 is 0. The summed E-state index contributed by atoms with van der Waals surface area (Å²) in [5.41, 5.74) is 9.45. The summed E-state index contributed by atoms with van der Waals surface area (Å²) in [5, 5.41) is 0. The second-order valence-corrected chi connectivity index (χ2v) is 6.32. The van der Waals surface area contributed by atoms with E-state index < -0.39 is 0 Å². The van der Waals surface area contributed by atoms with Crippen LogP contribution in [-0.2, 0) is 4.79 Å². The number of amides is 1. The number of benzene rings is 1. The van der Waals surface area contributed by atoms with Gasteiger partial charge in [0.1, 0.15) is 5.75 Å². The van der Waals surface area contributed by atoms with Gasteiger partial charge in [-0.1, -0.05) is 12.1 Å². The van der Waals surface area contributed by atoms with Gasteiger partial charge in [0.05, 0.1) is 6.61 Å². The van der Waals surface area contributed by atoms with Gasteiger partial charge in [-0.25, -0.2) is 0 Å². The van der Waals surface area contributed by atoms with Gasteiger partial charge in [0, 0.05) is 25.6 Å². The summed E-state index contributed by atoms with van der Waals surface area (Å²) in [6.07, 6.45) is 3.15. The molecule has 0 bridgehead atoms. The predicted octanol–water partition coefficient (Wildman–Crippen LogP) is 2.72. The Kier molecular flexibility index (Phi) is 5.83. The van der Waals surface area contributed by atoms with E-state index >= 15 is 0 Å². The van der Waals surface area contributed by atoms with E-state index in [9.17, 15) is 4.79 Å². The molecule has 0 atom stereocenters. The Balaban J connectivity index is 1.75. The number of piperidine rings is 1. The van der Waals surface area contributed by atoms with Crippen LogP contribution in [0.25, 0.3) is 0 Å². The maximum Gasteiger partial charge on any atom is 0.222 e. The Bertz CT molecular complexity index is 520. The SMILES string of the molecule is Cc1ccc(C)c(OCCCC(=O)N2CCC(N)CC2)c1C. The van der Waals surface area contributed by atoms with Crippen LogP contribution in [0.1, 0.15) is 42.4 Å². The molecule has 1 saturated heterocycles. The van der Waals surface area contributed by atoms with Crippen molar-refractivity contribution in [1.29, 1.82) is 0 Å². The van der Waals surface area contributed by atoms with E-state index in [2.05, 4.69) is 32.9 Å². The van der Waals surface area contributed by atoms with Crippen molar-refractivity contribution < 1.29 is 9.53 Å². The van der Waals surface area contributed by atoms with Gasteiger partial charge in [0.2, 0.25) is 5.91 Å². The first-order chi connectivity index (χ1) is 10.5. The normalized spacial score (nSPS) is 15.9. The fraction of sp³-hybridized carbons (Fsp3) is 0.611. The molecule has 122 valence electrons. The zero-order valence-electron chi connectivity index (χ0n) is 14.0. The van der Waals surface area contributed by atoms with Crippen LogP contribution in [0.4, 0.5) is 0 Å². The average Bonchev–Trinajstić information content (AvgIpc) is 2.51. The van der Waals surface area contributed by atoms with Gasteiger partial charge in [0.15, 0.2) is 0 Å². The van der Waals surface area contributed by atoms with Gasteiger partial charge < -0.3 is 15.4 Å². The standard InChI is InChI=1S/C18H28N2O2/c1-13-6-7-14(2)18(15(13)3)22-12-4-5-17(21)20-10-8-16(19)9-11-20/h6-7,16H,4-5,8-12,19H2,1-3H3. The van der Waals surface area contributed by atoms with Crippen molar-refractivity contribution in [3.63, 3.8) is 0 Å². The quantitative estimate of drug-likeness (QED) is 0.851. The highest BCUT2D eigenvalue weighted by Gasteiger charge is 2.20. The van der Waals surface area contributed by atoms with Crippen molar-refractivity contribution in [3.8, 4) is 5.75 Å². The lowest BCUT2D eigenvalue weighted by Crippen LogP contribution is -2.42. The Hall–Kier alpha value is -1.55. The molecule has 22 heavy (non-hydrogen) atoms. The molecule has 2 N–H and O–H groups in total. The Morgan fingerprint density at radius 3 is 2.55 bits per heavy atom. The Morgan fingerprint density at radius 2 is 1.86 bits per heavy atom. The van der Waals surface area contributed by atoms with Gasteiger partial charge in [-0.15, -0.1) is 0 Å². The van der Waals surface area contributed by atoms with Gasteiger partial charge in [-0.3, -0.25) is 4.79 Å². The number of ether oxygens (including phenoxy) is 1. The first kappa shape index (κ1) is 16.8. The Morgan fingerprint density at radius 1 is 1.23 bits per heavy atom. The molecule has 1 aliphatic heterocycles. The van der Waals surface area contributed by atoms with Crippen LogP contribution in [0.15, 0.2) is 12.1 Å². The molecule has 0 saturated carbocycles. The average molecular weight is 304 g/mol. The molecule has 4 nitrogen and oxygen atoms in total. The van der Waals surface area contributed by atoms with E-state index in [0.29, 0.717) is 13.0 Å². The summed E-state index contributed by atoms with van der Waals surface area (Å²) in [6, 6.07) is 4.46. The van der Waals surface area contributed by atoms with Crippen LogP contribution in [0.5, 0.6) is 5.75 Å². The summed E-state index contributed by atoms with van der Waals surface area (Å²) in [5.74, 6) is 1.20. The molecular weight excluding hydrogens is 276 g/mol. The van der Waals surface area contributed by atoms with Crippen LogP contribution in [0, 0.1) is 20.8 Å². The number of nitrogens with zero attached hydrogens (tertiary/aromatic N) is 1. The molecule has 1 fully saturated rings. The van der Waals surface area contributed by atoms with Crippen molar-refractivity contribution in [2.75, 3.05) is 19.7 Å². The van der Waals surface area contributed by atoms with Gasteiger partial charge in [-0.05, 0) is 56.7 Å². The third kappa shape index (κ3) is 4.23. The molecule has 4 heteroatoms. The minimum Gasteiger partial charge on any atom is -0.493 e. The molecule has 0 aromatic heterocycles.